The molecule has 0 bridgehead atoms. The van der Waals surface area contributed by atoms with Crippen LogP contribution in [0.1, 0.15) is 12.5 Å². The van der Waals surface area contributed by atoms with Gasteiger partial charge in [0.2, 0.25) is 5.91 Å². The number of hydroxylamine groups is 2. The number of benzene rings is 1. The SMILES string of the molecule is CC(=O)N(O)C(=O)[C@@H](N)Cc1ccccc1. The molecule has 0 radical (unpaired) electrons. The van der Waals surface area contributed by atoms with Crippen LogP contribution in [-0.2, 0) is 16.0 Å². The van der Waals surface area contributed by atoms with E-state index >= 15 is 0 Å². The smallest absolute Gasteiger partial charge is 0.270 e. The van der Waals surface area contributed by atoms with Crippen molar-refractivity contribution in [1.29, 1.82) is 0 Å². The first kappa shape index (κ1) is 12.4. The minimum absolute atomic E-state index is 0.0492. The molecule has 0 heterocycles. The van der Waals surface area contributed by atoms with Gasteiger partial charge in [0.05, 0.1) is 6.04 Å². The molecule has 0 saturated carbocycles. The Kier molecular flexibility index (Phi) is 4.16. The Morgan fingerprint density at radius 1 is 1.38 bits per heavy atom. The summed E-state index contributed by atoms with van der Waals surface area (Å²) in [5, 5.41) is 9.15. The van der Waals surface area contributed by atoms with Crippen LogP contribution in [0.4, 0.5) is 0 Å². The number of nitrogens with two attached hydrogens (primary N) is 1. The number of nitrogens with zero attached hydrogens (tertiary/aromatic N) is 1. The molecule has 0 fully saturated rings. The Balaban J connectivity index is 2.62. The molecule has 16 heavy (non-hydrogen) atoms. The Labute approximate surface area is 93.4 Å². The minimum Gasteiger partial charge on any atom is -0.320 e. The van der Waals surface area contributed by atoms with E-state index < -0.39 is 17.9 Å². The topological polar surface area (TPSA) is 83.6 Å². The first-order valence-electron chi connectivity index (χ1n) is 4.85. The maximum atomic E-state index is 11.4. The largest absolute Gasteiger partial charge is 0.320 e. The average Bonchev–Trinajstić information content (AvgIpc) is 2.28. The van der Waals surface area contributed by atoms with Gasteiger partial charge in [-0.2, -0.15) is 5.06 Å². The van der Waals surface area contributed by atoms with Crippen LogP contribution in [0.3, 0.4) is 0 Å². The number of amides is 2. The van der Waals surface area contributed by atoms with Crippen LogP contribution in [0.2, 0.25) is 0 Å². The third-order valence-corrected chi connectivity index (χ3v) is 2.12. The van der Waals surface area contributed by atoms with E-state index in [1.807, 2.05) is 30.3 Å². The molecule has 0 spiro atoms. The van der Waals surface area contributed by atoms with Crippen molar-refractivity contribution >= 4 is 11.8 Å². The monoisotopic (exact) mass is 222 g/mol. The molecular weight excluding hydrogens is 208 g/mol. The van der Waals surface area contributed by atoms with Crippen molar-refractivity contribution in [2.75, 3.05) is 0 Å². The summed E-state index contributed by atoms with van der Waals surface area (Å²) in [5.74, 6) is -1.54. The van der Waals surface area contributed by atoms with Crippen LogP contribution in [0.5, 0.6) is 0 Å². The number of carbonyl (C=O) groups excluding carboxylic acids is 2. The van der Waals surface area contributed by atoms with Crippen LogP contribution in [0, 0.1) is 0 Å². The number of imide groups is 1. The summed E-state index contributed by atoms with van der Waals surface area (Å²) in [4.78, 5) is 22.2. The zero-order valence-electron chi connectivity index (χ0n) is 8.96. The van der Waals surface area contributed by atoms with Gasteiger partial charge in [0.25, 0.3) is 5.91 Å². The predicted molar refractivity (Wildman–Crippen MR) is 57.4 cm³/mol. The molecule has 0 saturated heterocycles. The molecule has 3 N–H and O–H groups in total. The van der Waals surface area contributed by atoms with Crippen LogP contribution in [-0.4, -0.2) is 28.1 Å². The van der Waals surface area contributed by atoms with Gasteiger partial charge in [0, 0.05) is 6.92 Å². The quantitative estimate of drug-likeness (QED) is 0.570. The highest BCUT2D eigenvalue weighted by Crippen LogP contribution is 2.03. The summed E-state index contributed by atoms with van der Waals surface area (Å²) in [5.41, 5.74) is 6.46. The van der Waals surface area contributed by atoms with E-state index in [4.69, 9.17) is 10.9 Å². The van der Waals surface area contributed by atoms with E-state index in [2.05, 4.69) is 0 Å². The highest BCUT2D eigenvalue weighted by atomic mass is 16.5. The molecule has 2 amide bonds. The fourth-order valence-electron chi connectivity index (χ4n) is 1.27. The highest BCUT2D eigenvalue weighted by Gasteiger charge is 2.22. The third-order valence-electron chi connectivity index (χ3n) is 2.12. The first-order chi connectivity index (χ1) is 7.52. The summed E-state index contributed by atoms with van der Waals surface area (Å²) in [6.45, 7) is 1.09. The molecule has 5 nitrogen and oxygen atoms in total. The zero-order chi connectivity index (χ0) is 12.1. The van der Waals surface area contributed by atoms with Gasteiger partial charge in [-0.25, -0.2) is 0 Å². The zero-order valence-corrected chi connectivity index (χ0v) is 8.96. The lowest BCUT2D eigenvalue weighted by molar-refractivity contribution is -0.178. The fraction of sp³-hybridized carbons (Fsp3) is 0.273. The number of hydrogen-bond acceptors (Lipinski definition) is 4. The number of hydrogen-bond donors (Lipinski definition) is 2. The summed E-state index contributed by atoms with van der Waals surface area (Å²) in [6, 6.07) is 8.23. The lowest BCUT2D eigenvalue weighted by Gasteiger charge is -2.16. The molecule has 1 rings (SSSR count). The van der Waals surface area contributed by atoms with Crippen LogP contribution < -0.4 is 5.73 Å². The van der Waals surface area contributed by atoms with Gasteiger partial charge in [0.1, 0.15) is 0 Å². The maximum Gasteiger partial charge on any atom is 0.270 e. The van der Waals surface area contributed by atoms with E-state index in [-0.39, 0.29) is 11.5 Å². The van der Waals surface area contributed by atoms with Crippen molar-refractivity contribution in [1.82, 2.24) is 5.06 Å². The Bertz CT molecular complexity index is 378. The van der Waals surface area contributed by atoms with Gasteiger partial charge >= 0.3 is 0 Å². The van der Waals surface area contributed by atoms with Gasteiger partial charge in [0.15, 0.2) is 0 Å². The van der Waals surface area contributed by atoms with Crippen molar-refractivity contribution in [3.63, 3.8) is 0 Å². The molecular formula is C11H14N2O3. The van der Waals surface area contributed by atoms with E-state index in [0.717, 1.165) is 12.5 Å². The summed E-state index contributed by atoms with van der Waals surface area (Å²) in [7, 11) is 0. The Morgan fingerprint density at radius 3 is 2.44 bits per heavy atom. The predicted octanol–water partition coefficient (Wildman–Crippen LogP) is 0.321. The standard InChI is InChI=1S/C11H14N2O3/c1-8(14)13(16)11(15)10(12)7-9-5-3-2-4-6-9/h2-6,10,16H,7,12H2,1H3/t10-/m0/s1. The van der Waals surface area contributed by atoms with Crippen LogP contribution in [0.25, 0.3) is 0 Å². The number of rotatable bonds is 3. The van der Waals surface area contributed by atoms with Crippen molar-refractivity contribution in [3.05, 3.63) is 35.9 Å². The van der Waals surface area contributed by atoms with Gasteiger partial charge < -0.3 is 5.73 Å². The summed E-state index contributed by atoms with van der Waals surface area (Å²) in [6.07, 6.45) is 0.282. The highest BCUT2D eigenvalue weighted by molar-refractivity contribution is 5.95. The first-order valence-corrected chi connectivity index (χ1v) is 4.85. The lowest BCUT2D eigenvalue weighted by Crippen LogP contribution is -2.45. The van der Waals surface area contributed by atoms with Crippen molar-refractivity contribution in [2.45, 2.75) is 19.4 Å². The summed E-state index contributed by atoms with van der Waals surface area (Å²) >= 11 is 0. The Hall–Kier alpha value is -1.72. The van der Waals surface area contributed by atoms with E-state index in [9.17, 15) is 9.59 Å². The average molecular weight is 222 g/mol. The second-order valence-electron chi connectivity index (χ2n) is 3.47. The molecule has 0 unspecified atom stereocenters. The number of carbonyl (C=O) groups is 2. The molecule has 0 aliphatic rings. The van der Waals surface area contributed by atoms with Crippen LogP contribution >= 0.6 is 0 Å². The molecule has 1 aromatic carbocycles. The van der Waals surface area contributed by atoms with E-state index in [1.54, 1.807) is 0 Å². The summed E-state index contributed by atoms with van der Waals surface area (Å²) < 4.78 is 0. The molecule has 1 atom stereocenters. The minimum atomic E-state index is -0.920. The molecule has 0 aliphatic carbocycles. The van der Waals surface area contributed by atoms with E-state index in [0.29, 0.717) is 0 Å². The van der Waals surface area contributed by atoms with Crippen LogP contribution in [0.15, 0.2) is 30.3 Å². The Morgan fingerprint density at radius 2 is 1.94 bits per heavy atom. The normalized spacial score (nSPS) is 11.9. The molecule has 0 aliphatic heterocycles. The lowest BCUT2D eigenvalue weighted by atomic mass is 10.1. The maximum absolute atomic E-state index is 11.4. The van der Waals surface area contributed by atoms with Crippen molar-refractivity contribution < 1.29 is 14.8 Å². The third kappa shape index (κ3) is 3.15. The molecule has 0 aromatic heterocycles. The van der Waals surface area contributed by atoms with Crippen molar-refractivity contribution in [2.24, 2.45) is 5.73 Å². The second-order valence-corrected chi connectivity index (χ2v) is 3.47. The molecule has 86 valence electrons. The van der Waals surface area contributed by atoms with Gasteiger partial charge in [-0.05, 0) is 12.0 Å². The van der Waals surface area contributed by atoms with Gasteiger partial charge in [-0.1, -0.05) is 30.3 Å². The van der Waals surface area contributed by atoms with Gasteiger partial charge in [-0.3, -0.25) is 14.8 Å². The van der Waals surface area contributed by atoms with E-state index in [1.165, 1.54) is 0 Å². The van der Waals surface area contributed by atoms with Gasteiger partial charge in [-0.15, -0.1) is 0 Å². The molecule has 5 heteroatoms. The fourth-order valence-corrected chi connectivity index (χ4v) is 1.27. The molecule has 1 aromatic rings. The second kappa shape index (κ2) is 5.39. The van der Waals surface area contributed by atoms with Crippen molar-refractivity contribution in [3.8, 4) is 0 Å².